The monoisotopic (exact) mass is 250 g/mol. The van der Waals surface area contributed by atoms with Gasteiger partial charge < -0.3 is 15.2 Å². The summed E-state index contributed by atoms with van der Waals surface area (Å²) < 4.78 is 4.62. The zero-order valence-electron chi connectivity index (χ0n) is 10.4. The van der Waals surface area contributed by atoms with Crippen LogP contribution in [0.5, 0.6) is 0 Å². The molecule has 18 heavy (non-hydrogen) atoms. The van der Waals surface area contributed by atoms with E-state index in [1.165, 1.54) is 7.11 Å². The first-order valence-corrected chi connectivity index (χ1v) is 6.19. The molecule has 0 radical (unpaired) electrons. The van der Waals surface area contributed by atoms with E-state index in [9.17, 15) is 9.90 Å². The lowest BCUT2D eigenvalue weighted by Crippen LogP contribution is -2.36. The molecule has 1 heterocycles. The van der Waals surface area contributed by atoms with Crippen LogP contribution in [0.4, 0.5) is 5.69 Å². The number of aliphatic hydroxyl groups is 1. The Morgan fingerprint density at radius 2 is 2.28 bits per heavy atom. The number of methoxy groups -OCH3 is 1. The van der Waals surface area contributed by atoms with Crippen molar-refractivity contribution >= 4 is 11.7 Å². The lowest BCUT2D eigenvalue weighted by molar-refractivity contribution is 0.0594. The number of ether oxygens (including phenoxy) is 1. The lowest BCUT2D eigenvalue weighted by Gasteiger charge is -2.29. The number of hydrogen-bond donors (Lipinski definition) is 2. The van der Waals surface area contributed by atoms with Gasteiger partial charge in [0, 0.05) is 11.9 Å². The predicted molar refractivity (Wildman–Crippen MR) is 67.5 cm³/mol. The van der Waals surface area contributed by atoms with Gasteiger partial charge in [-0.1, -0.05) is 12.8 Å². The SMILES string of the molecule is COC(=O)c1cc(NC2CCCCC2O)ccn1. The van der Waals surface area contributed by atoms with Gasteiger partial charge in [-0.3, -0.25) is 0 Å². The Balaban J connectivity index is 2.06. The third-order valence-corrected chi connectivity index (χ3v) is 3.24. The van der Waals surface area contributed by atoms with Crippen molar-refractivity contribution in [3.8, 4) is 0 Å². The molecule has 0 bridgehead atoms. The first-order chi connectivity index (χ1) is 8.70. The van der Waals surface area contributed by atoms with Crippen LogP contribution in [-0.4, -0.2) is 35.3 Å². The Kier molecular flexibility index (Phi) is 4.15. The van der Waals surface area contributed by atoms with Crippen molar-refractivity contribution in [3.05, 3.63) is 24.0 Å². The summed E-state index contributed by atoms with van der Waals surface area (Å²) in [6.07, 6.45) is 5.19. The molecule has 2 atom stereocenters. The summed E-state index contributed by atoms with van der Waals surface area (Å²) in [4.78, 5) is 15.3. The molecule has 2 unspecified atom stereocenters. The molecule has 2 N–H and O–H groups in total. The van der Waals surface area contributed by atoms with E-state index in [2.05, 4.69) is 15.0 Å². The first kappa shape index (κ1) is 12.8. The zero-order valence-corrected chi connectivity index (χ0v) is 10.4. The Morgan fingerprint density at radius 3 is 3.00 bits per heavy atom. The van der Waals surface area contributed by atoms with Gasteiger partial charge in [-0.2, -0.15) is 0 Å². The van der Waals surface area contributed by atoms with Crippen LogP contribution in [0, 0.1) is 0 Å². The van der Waals surface area contributed by atoms with E-state index < -0.39 is 5.97 Å². The second-order valence-corrected chi connectivity index (χ2v) is 4.52. The Hall–Kier alpha value is -1.62. The van der Waals surface area contributed by atoms with Crippen molar-refractivity contribution in [2.24, 2.45) is 0 Å². The summed E-state index contributed by atoms with van der Waals surface area (Å²) in [6.45, 7) is 0. The fourth-order valence-electron chi connectivity index (χ4n) is 2.23. The van der Waals surface area contributed by atoms with Crippen LogP contribution in [0.3, 0.4) is 0 Å². The van der Waals surface area contributed by atoms with Crippen molar-refractivity contribution in [2.45, 2.75) is 37.8 Å². The smallest absolute Gasteiger partial charge is 0.356 e. The Labute approximate surface area is 106 Å². The first-order valence-electron chi connectivity index (χ1n) is 6.19. The molecule has 5 heteroatoms. The average Bonchev–Trinajstić information content (AvgIpc) is 2.41. The zero-order chi connectivity index (χ0) is 13.0. The largest absolute Gasteiger partial charge is 0.464 e. The van der Waals surface area contributed by atoms with Crippen molar-refractivity contribution in [1.82, 2.24) is 4.98 Å². The summed E-state index contributed by atoms with van der Waals surface area (Å²) in [5.74, 6) is -0.456. The maximum atomic E-state index is 11.4. The number of pyridine rings is 1. The van der Waals surface area contributed by atoms with Gasteiger partial charge in [0.15, 0.2) is 0 Å². The molecular formula is C13H18N2O3. The highest BCUT2D eigenvalue weighted by atomic mass is 16.5. The van der Waals surface area contributed by atoms with Gasteiger partial charge >= 0.3 is 5.97 Å². The molecule has 1 aliphatic rings. The topological polar surface area (TPSA) is 71.5 Å². The molecule has 0 spiro atoms. The van der Waals surface area contributed by atoms with Gasteiger partial charge in [0.25, 0.3) is 0 Å². The molecule has 1 aliphatic carbocycles. The highest BCUT2D eigenvalue weighted by Gasteiger charge is 2.22. The number of nitrogens with one attached hydrogen (secondary N) is 1. The van der Waals surface area contributed by atoms with Gasteiger partial charge in [-0.15, -0.1) is 0 Å². The number of nitrogens with zero attached hydrogens (tertiary/aromatic N) is 1. The number of aromatic nitrogens is 1. The van der Waals surface area contributed by atoms with Crippen LogP contribution >= 0.6 is 0 Å². The molecule has 1 aromatic rings. The normalized spacial score (nSPS) is 23.4. The number of rotatable bonds is 3. The van der Waals surface area contributed by atoms with E-state index in [1.54, 1.807) is 18.3 Å². The fourth-order valence-corrected chi connectivity index (χ4v) is 2.23. The molecule has 1 fully saturated rings. The van der Waals surface area contributed by atoms with Crippen molar-refractivity contribution < 1.29 is 14.6 Å². The van der Waals surface area contributed by atoms with Crippen LogP contribution in [0.15, 0.2) is 18.3 Å². The standard InChI is InChI=1S/C13H18N2O3/c1-18-13(17)11-8-9(6-7-14-11)15-10-4-2-3-5-12(10)16/h6-8,10,12,16H,2-5H2,1H3,(H,14,15). The van der Waals surface area contributed by atoms with Crippen LogP contribution < -0.4 is 5.32 Å². The van der Waals surface area contributed by atoms with E-state index in [-0.39, 0.29) is 17.8 Å². The van der Waals surface area contributed by atoms with E-state index in [0.717, 1.165) is 31.4 Å². The number of carbonyl (C=O) groups is 1. The molecule has 0 amide bonds. The van der Waals surface area contributed by atoms with Crippen LogP contribution in [0.1, 0.15) is 36.2 Å². The Bertz CT molecular complexity index is 422. The average molecular weight is 250 g/mol. The van der Waals surface area contributed by atoms with Crippen molar-refractivity contribution in [1.29, 1.82) is 0 Å². The molecular weight excluding hydrogens is 232 g/mol. The van der Waals surface area contributed by atoms with E-state index in [4.69, 9.17) is 0 Å². The number of hydrogen-bond acceptors (Lipinski definition) is 5. The summed E-state index contributed by atoms with van der Waals surface area (Å²) in [6, 6.07) is 3.48. The third-order valence-electron chi connectivity index (χ3n) is 3.24. The maximum Gasteiger partial charge on any atom is 0.356 e. The summed E-state index contributed by atoms with van der Waals surface area (Å²) in [7, 11) is 1.33. The van der Waals surface area contributed by atoms with Crippen LogP contribution in [0.25, 0.3) is 0 Å². The van der Waals surface area contributed by atoms with Gasteiger partial charge in [-0.05, 0) is 25.0 Å². The summed E-state index contributed by atoms with van der Waals surface area (Å²) in [5.41, 5.74) is 1.06. The minimum Gasteiger partial charge on any atom is -0.464 e. The minimum atomic E-state index is -0.456. The number of aliphatic hydroxyl groups excluding tert-OH is 1. The number of esters is 1. The Morgan fingerprint density at radius 1 is 1.50 bits per heavy atom. The highest BCUT2D eigenvalue weighted by Crippen LogP contribution is 2.22. The predicted octanol–water partition coefficient (Wildman–Crippen LogP) is 1.58. The molecule has 0 aliphatic heterocycles. The minimum absolute atomic E-state index is 0.0478. The van der Waals surface area contributed by atoms with Crippen molar-refractivity contribution in [3.63, 3.8) is 0 Å². The molecule has 2 rings (SSSR count). The quantitative estimate of drug-likeness (QED) is 0.797. The second-order valence-electron chi connectivity index (χ2n) is 4.52. The van der Waals surface area contributed by atoms with E-state index in [1.807, 2.05) is 0 Å². The van der Waals surface area contributed by atoms with Crippen LogP contribution in [-0.2, 0) is 4.74 Å². The third kappa shape index (κ3) is 2.98. The fraction of sp³-hybridized carbons (Fsp3) is 0.538. The molecule has 98 valence electrons. The molecule has 1 saturated carbocycles. The van der Waals surface area contributed by atoms with Gasteiger partial charge in [0.2, 0.25) is 0 Å². The van der Waals surface area contributed by atoms with Gasteiger partial charge in [0.1, 0.15) is 5.69 Å². The van der Waals surface area contributed by atoms with Crippen LogP contribution in [0.2, 0.25) is 0 Å². The number of anilines is 1. The maximum absolute atomic E-state index is 11.4. The molecule has 1 aromatic heterocycles. The highest BCUT2D eigenvalue weighted by molar-refractivity contribution is 5.88. The molecule has 0 aromatic carbocycles. The molecule has 0 saturated heterocycles. The second kappa shape index (κ2) is 5.82. The summed E-state index contributed by atoms with van der Waals surface area (Å²) in [5, 5.41) is 13.1. The lowest BCUT2D eigenvalue weighted by atomic mass is 9.92. The van der Waals surface area contributed by atoms with E-state index in [0.29, 0.717) is 0 Å². The van der Waals surface area contributed by atoms with Gasteiger partial charge in [-0.25, -0.2) is 9.78 Å². The van der Waals surface area contributed by atoms with E-state index >= 15 is 0 Å². The molecule has 5 nitrogen and oxygen atoms in total. The summed E-state index contributed by atoms with van der Waals surface area (Å²) >= 11 is 0. The van der Waals surface area contributed by atoms with Crippen molar-refractivity contribution in [2.75, 3.05) is 12.4 Å². The van der Waals surface area contributed by atoms with Gasteiger partial charge in [0.05, 0.1) is 19.3 Å². The number of carbonyl (C=O) groups excluding carboxylic acids is 1.